The summed E-state index contributed by atoms with van der Waals surface area (Å²) in [6.07, 6.45) is 60.2. The molecule has 2 unspecified atom stereocenters. The molecule has 0 saturated heterocycles. The molecule has 1 amide bonds. The van der Waals surface area contributed by atoms with Crippen molar-refractivity contribution in [3.63, 3.8) is 0 Å². The smallest absolute Gasteiger partial charge is 0.305 e. The second-order valence-electron chi connectivity index (χ2n) is 18.6. The summed E-state index contributed by atoms with van der Waals surface area (Å²) in [6.45, 7) is 4.86. The van der Waals surface area contributed by atoms with Crippen LogP contribution in [0.25, 0.3) is 0 Å². The Labute approximate surface area is 380 Å². The predicted octanol–water partition coefficient (Wildman–Crippen LogP) is 16.3. The van der Waals surface area contributed by atoms with Crippen LogP contribution >= 0.6 is 0 Å². The number of carbonyl (C=O) groups is 2. The fourth-order valence-corrected chi connectivity index (χ4v) is 8.28. The van der Waals surface area contributed by atoms with E-state index in [9.17, 15) is 19.8 Å². The van der Waals surface area contributed by atoms with E-state index in [-0.39, 0.29) is 18.5 Å². The average molecular weight is 860 g/mol. The molecule has 6 nitrogen and oxygen atoms in total. The molecule has 360 valence electrons. The number of aliphatic hydroxyl groups excluding tert-OH is 2. The SMILES string of the molecule is CCCCCCCC/C=C\CCCCCCCC(=O)OCCCCCC/C=C\CCCC(=O)NC(CO)C(O)CCCCCCCCCCCCCCCCCCCCCC. The minimum absolute atomic E-state index is 0.0431. The lowest BCUT2D eigenvalue weighted by Crippen LogP contribution is -2.45. The van der Waals surface area contributed by atoms with Crippen LogP contribution in [0.3, 0.4) is 0 Å². The second-order valence-corrected chi connectivity index (χ2v) is 18.6. The van der Waals surface area contributed by atoms with Crippen LogP contribution < -0.4 is 5.32 Å². The van der Waals surface area contributed by atoms with Gasteiger partial charge in [0.25, 0.3) is 0 Å². The van der Waals surface area contributed by atoms with Crippen molar-refractivity contribution < 1.29 is 24.5 Å². The zero-order chi connectivity index (χ0) is 44.4. The van der Waals surface area contributed by atoms with Gasteiger partial charge in [0.05, 0.1) is 25.4 Å². The lowest BCUT2D eigenvalue weighted by Gasteiger charge is -2.22. The van der Waals surface area contributed by atoms with Crippen molar-refractivity contribution in [3.05, 3.63) is 24.3 Å². The number of carbonyl (C=O) groups excluding carboxylic acids is 2. The summed E-state index contributed by atoms with van der Waals surface area (Å²) >= 11 is 0. The number of nitrogens with one attached hydrogen (secondary N) is 1. The highest BCUT2D eigenvalue weighted by Gasteiger charge is 2.20. The summed E-state index contributed by atoms with van der Waals surface area (Å²) in [6, 6.07) is -0.580. The summed E-state index contributed by atoms with van der Waals surface area (Å²) in [5.41, 5.74) is 0. The van der Waals surface area contributed by atoms with E-state index in [0.29, 0.717) is 25.9 Å². The maximum Gasteiger partial charge on any atom is 0.305 e. The van der Waals surface area contributed by atoms with Gasteiger partial charge in [-0.25, -0.2) is 0 Å². The van der Waals surface area contributed by atoms with E-state index in [1.165, 1.54) is 186 Å². The third-order valence-electron chi connectivity index (χ3n) is 12.5. The molecule has 0 aromatic heterocycles. The Hall–Kier alpha value is -1.66. The summed E-state index contributed by atoms with van der Waals surface area (Å²) in [4.78, 5) is 24.5. The first-order valence-corrected chi connectivity index (χ1v) is 27.1. The number of allylic oxidation sites excluding steroid dienone is 4. The van der Waals surface area contributed by atoms with Gasteiger partial charge in [0.15, 0.2) is 0 Å². The molecule has 0 fully saturated rings. The van der Waals surface area contributed by atoms with Crippen LogP contribution in [0.1, 0.15) is 290 Å². The zero-order valence-corrected chi connectivity index (χ0v) is 40.9. The molecular weight excluding hydrogens is 755 g/mol. The molecule has 0 aliphatic heterocycles. The van der Waals surface area contributed by atoms with Gasteiger partial charge in [-0.1, -0.05) is 231 Å². The highest BCUT2D eigenvalue weighted by Crippen LogP contribution is 2.17. The summed E-state index contributed by atoms with van der Waals surface area (Å²) in [5, 5.41) is 23.2. The highest BCUT2D eigenvalue weighted by molar-refractivity contribution is 5.76. The summed E-state index contributed by atoms with van der Waals surface area (Å²) < 4.78 is 5.44. The van der Waals surface area contributed by atoms with Crippen LogP contribution in [0.5, 0.6) is 0 Å². The van der Waals surface area contributed by atoms with Crippen LogP contribution in [0, 0.1) is 0 Å². The summed E-state index contributed by atoms with van der Waals surface area (Å²) in [5.74, 6) is -0.137. The van der Waals surface area contributed by atoms with Crippen LogP contribution in [-0.2, 0) is 14.3 Å². The average Bonchev–Trinajstić information content (AvgIpc) is 3.26. The maximum atomic E-state index is 12.5. The molecule has 0 bridgehead atoms. The van der Waals surface area contributed by atoms with Crippen molar-refractivity contribution in [1.29, 1.82) is 0 Å². The topological polar surface area (TPSA) is 95.9 Å². The second kappa shape index (κ2) is 51.0. The first-order valence-electron chi connectivity index (χ1n) is 27.1. The third-order valence-corrected chi connectivity index (χ3v) is 12.5. The molecule has 0 radical (unpaired) electrons. The molecule has 0 saturated carbocycles. The third kappa shape index (κ3) is 47.7. The van der Waals surface area contributed by atoms with Gasteiger partial charge in [-0.05, 0) is 70.6 Å². The maximum absolute atomic E-state index is 12.5. The van der Waals surface area contributed by atoms with Gasteiger partial charge in [0, 0.05) is 12.8 Å². The number of rotatable bonds is 50. The zero-order valence-electron chi connectivity index (χ0n) is 40.9. The normalized spacial score (nSPS) is 12.8. The van der Waals surface area contributed by atoms with Gasteiger partial charge in [-0.2, -0.15) is 0 Å². The van der Waals surface area contributed by atoms with Gasteiger partial charge in [0.1, 0.15) is 0 Å². The number of esters is 1. The van der Waals surface area contributed by atoms with Gasteiger partial charge in [-0.3, -0.25) is 9.59 Å². The van der Waals surface area contributed by atoms with E-state index in [0.717, 1.165) is 70.6 Å². The number of hydrogen-bond donors (Lipinski definition) is 3. The van der Waals surface area contributed by atoms with Crippen LogP contribution in [-0.4, -0.2) is 47.4 Å². The molecule has 0 spiro atoms. The van der Waals surface area contributed by atoms with Crippen molar-refractivity contribution in [3.8, 4) is 0 Å². The molecule has 0 aromatic rings. The minimum Gasteiger partial charge on any atom is -0.466 e. The first-order chi connectivity index (χ1) is 30.0. The molecule has 0 rings (SSSR count). The van der Waals surface area contributed by atoms with E-state index < -0.39 is 12.1 Å². The lowest BCUT2D eigenvalue weighted by atomic mass is 10.0. The number of hydrogen-bond acceptors (Lipinski definition) is 5. The largest absolute Gasteiger partial charge is 0.466 e. The van der Waals surface area contributed by atoms with E-state index >= 15 is 0 Å². The predicted molar refractivity (Wildman–Crippen MR) is 264 cm³/mol. The van der Waals surface area contributed by atoms with Gasteiger partial charge >= 0.3 is 5.97 Å². The molecule has 0 heterocycles. The van der Waals surface area contributed by atoms with E-state index in [1.54, 1.807) is 0 Å². The Kier molecular flexibility index (Phi) is 49.6. The Morgan fingerprint density at radius 1 is 0.443 bits per heavy atom. The Morgan fingerprint density at radius 3 is 1.20 bits per heavy atom. The Balaban J connectivity index is 3.53. The van der Waals surface area contributed by atoms with Crippen molar-refractivity contribution >= 4 is 11.9 Å². The highest BCUT2D eigenvalue weighted by atomic mass is 16.5. The molecular formula is C55H105NO5. The number of unbranched alkanes of at least 4 members (excludes halogenated alkanes) is 35. The van der Waals surface area contributed by atoms with E-state index in [1.807, 2.05) is 0 Å². The van der Waals surface area contributed by atoms with Crippen molar-refractivity contribution in [1.82, 2.24) is 5.32 Å². The molecule has 6 heteroatoms. The van der Waals surface area contributed by atoms with E-state index in [2.05, 4.69) is 43.5 Å². The van der Waals surface area contributed by atoms with Crippen LogP contribution in [0.2, 0.25) is 0 Å². The van der Waals surface area contributed by atoms with Crippen molar-refractivity contribution in [2.24, 2.45) is 0 Å². The summed E-state index contributed by atoms with van der Waals surface area (Å²) in [7, 11) is 0. The lowest BCUT2D eigenvalue weighted by molar-refractivity contribution is -0.143. The van der Waals surface area contributed by atoms with Crippen LogP contribution in [0.15, 0.2) is 24.3 Å². The fraction of sp³-hybridized carbons (Fsp3) is 0.891. The van der Waals surface area contributed by atoms with Crippen molar-refractivity contribution in [2.75, 3.05) is 13.2 Å². The molecule has 2 atom stereocenters. The van der Waals surface area contributed by atoms with Gasteiger partial charge < -0.3 is 20.3 Å². The van der Waals surface area contributed by atoms with Gasteiger partial charge in [-0.15, -0.1) is 0 Å². The molecule has 61 heavy (non-hydrogen) atoms. The molecule has 0 aliphatic carbocycles. The standard InChI is InChI=1S/C55H105NO5/c1-3-5-7-9-11-13-15-17-19-20-21-22-23-25-26-28-31-35-39-43-47-53(58)52(51-57)56-54(59)48-44-40-36-32-30-34-38-42-46-50-61-55(60)49-45-41-37-33-29-27-24-18-16-14-12-10-8-6-4-2/h18,24,32,36,52-53,57-58H,3-17,19-23,25-31,33-35,37-51H2,1-2H3,(H,56,59)/b24-18-,36-32-. The van der Waals surface area contributed by atoms with Crippen LogP contribution in [0.4, 0.5) is 0 Å². The quantitative estimate of drug-likeness (QED) is 0.0322. The first kappa shape index (κ1) is 59.3. The fourth-order valence-electron chi connectivity index (χ4n) is 8.28. The minimum atomic E-state index is -0.696. The molecule has 0 aliphatic rings. The monoisotopic (exact) mass is 860 g/mol. The number of amides is 1. The van der Waals surface area contributed by atoms with Crippen molar-refractivity contribution in [2.45, 2.75) is 302 Å². The van der Waals surface area contributed by atoms with E-state index in [4.69, 9.17) is 4.74 Å². The van der Waals surface area contributed by atoms with Gasteiger partial charge in [0.2, 0.25) is 5.91 Å². The number of aliphatic hydroxyl groups is 2. The Bertz CT molecular complexity index is 951. The molecule has 0 aromatic carbocycles. The molecule has 3 N–H and O–H groups in total. The number of ether oxygens (including phenoxy) is 1. The Morgan fingerprint density at radius 2 is 0.787 bits per heavy atom.